The summed E-state index contributed by atoms with van der Waals surface area (Å²) >= 11 is 6.16. The molecule has 2 N–H and O–H groups in total. The summed E-state index contributed by atoms with van der Waals surface area (Å²) in [5, 5.41) is 6.57. The number of rotatable bonds is 5. The van der Waals surface area contributed by atoms with Gasteiger partial charge in [0.2, 0.25) is 11.8 Å². The van der Waals surface area contributed by atoms with Crippen molar-refractivity contribution in [2.24, 2.45) is 0 Å². The summed E-state index contributed by atoms with van der Waals surface area (Å²) in [4.78, 5) is 25.5. The minimum Gasteiger partial charge on any atom is -0.352 e. The summed E-state index contributed by atoms with van der Waals surface area (Å²) in [6.45, 7) is 5.38. The van der Waals surface area contributed by atoms with E-state index >= 15 is 0 Å². The topological polar surface area (TPSA) is 61.4 Å². The van der Waals surface area contributed by atoms with E-state index in [0.29, 0.717) is 18.1 Å². The van der Waals surface area contributed by atoms with E-state index in [4.69, 9.17) is 11.6 Å². The van der Waals surface area contributed by atoms with E-state index in [1.54, 1.807) is 0 Å². The average molecular weight is 338 g/mol. The van der Waals surface area contributed by atoms with Crippen LogP contribution in [0.2, 0.25) is 5.02 Å². The van der Waals surface area contributed by atoms with Crippen molar-refractivity contribution in [3.05, 3.63) is 34.9 Å². The molecule has 1 aromatic carbocycles. The Kier molecular flexibility index (Phi) is 6.42. The molecule has 0 spiro atoms. The fourth-order valence-corrected chi connectivity index (χ4v) is 3.30. The maximum Gasteiger partial charge on any atom is 0.234 e. The van der Waals surface area contributed by atoms with Crippen LogP contribution in [0.1, 0.15) is 38.3 Å². The number of nitrogens with zero attached hydrogens (tertiary/aromatic N) is 1. The second kappa shape index (κ2) is 8.31. The third-order valence-corrected chi connectivity index (χ3v) is 4.37. The van der Waals surface area contributed by atoms with Crippen molar-refractivity contribution in [1.29, 1.82) is 0 Å². The van der Waals surface area contributed by atoms with Gasteiger partial charge in [0, 0.05) is 24.5 Å². The first-order valence-electron chi connectivity index (χ1n) is 7.99. The Hall–Kier alpha value is -1.59. The number of likely N-dealkylation sites (tertiary alicyclic amines) is 1. The van der Waals surface area contributed by atoms with Gasteiger partial charge in [-0.15, -0.1) is 0 Å². The summed E-state index contributed by atoms with van der Waals surface area (Å²) in [6.07, 6.45) is 1.95. The van der Waals surface area contributed by atoms with Crippen molar-refractivity contribution in [2.45, 2.75) is 38.8 Å². The molecule has 126 valence electrons. The van der Waals surface area contributed by atoms with Crippen LogP contribution in [0.25, 0.3) is 0 Å². The molecule has 0 aromatic heterocycles. The fourth-order valence-electron chi connectivity index (χ4n) is 3.00. The maximum absolute atomic E-state index is 12.3. The lowest BCUT2D eigenvalue weighted by Crippen LogP contribution is -2.49. The van der Waals surface area contributed by atoms with Gasteiger partial charge in [-0.3, -0.25) is 14.5 Å². The van der Waals surface area contributed by atoms with Gasteiger partial charge in [-0.1, -0.05) is 29.8 Å². The molecule has 0 saturated carbocycles. The molecule has 23 heavy (non-hydrogen) atoms. The van der Waals surface area contributed by atoms with Gasteiger partial charge in [0.15, 0.2) is 0 Å². The highest BCUT2D eigenvalue weighted by Crippen LogP contribution is 2.22. The number of benzene rings is 1. The van der Waals surface area contributed by atoms with Crippen LogP contribution in [-0.2, 0) is 9.59 Å². The van der Waals surface area contributed by atoms with Crippen LogP contribution in [0.4, 0.5) is 0 Å². The van der Waals surface area contributed by atoms with Crippen molar-refractivity contribution in [1.82, 2.24) is 15.5 Å². The van der Waals surface area contributed by atoms with Gasteiger partial charge in [0.1, 0.15) is 0 Å². The van der Waals surface area contributed by atoms with Crippen LogP contribution in [-0.4, -0.2) is 42.4 Å². The number of carbonyl (C=O) groups excluding carboxylic acids is 2. The Morgan fingerprint density at radius 3 is 2.83 bits per heavy atom. The molecular formula is C17H24ClN3O2. The molecule has 0 bridgehead atoms. The standard InChI is InChI=1S/C17H24ClN3O2/c1-12(15-7-3-4-8-16(15)18)19-17(23)11-21-9-5-6-14(10-21)20-13(2)22/h3-4,7-8,12,14H,5-6,9-11H2,1-2H3,(H,19,23)(H,20,22). The Morgan fingerprint density at radius 2 is 2.13 bits per heavy atom. The average Bonchev–Trinajstić information content (AvgIpc) is 2.47. The first-order chi connectivity index (χ1) is 11.0. The number of amides is 2. The van der Waals surface area contributed by atoms with Crippen molar-refractivity contribution in [3.63, 3.8) is 0 Å². The molecule has 0 radical (unpaired) electrons. The smallest absolute Gasteiger partial charge is 0.234 e. The van der Waals surface area contributed by atoms with Crippen LogP contribution in [0.3, 0.4) is 0 Å². The number of halogens is 1. The molecule has 0 aliphatic carbocycles. The van der Waals surface area contributed by atoms with Gasteiger partial charge in [-0.25, -0.2) is 0 Å². The molecule has 1 saturated heterocycles. The summed E-state index contributed by atoms with van der Waals surface area (Å²) in [7, 11) is 0. The molecule has 1 heterocycles. The Bertz CT molecular complexity index is 565. The summed E-state index contributed by atoms with van der Waals surface area (Å²) in [5.41, 5.74) is 0.914. The van der Waals surface area contributed by atoms with Crippen molar-refractivity contribution >= 4 is 23.4 Å². The third-order valence-electron chi connectivity index (χ3n) is 4.03. The molecule has 2 amide bonds. The van der Waals surface area contributed by atoms with Gasteiger partial charge in [-0.2, -0.15) is 0 Å². The van der Waals surface area contributed by atoms with Crippen LogP contribution < -0.4 is 10.6 Å². The second-order valence-corrected chi connectivity index (χ2v) is 6.49. The molecule has 2 atom stereocenters. The fraction of sp³-hybridized carbons (Fsp3) is 0.529. The quantitative estimate of drug-likeness (QED) is 0.865. The monoisotopic (exact) mass is 337 g/mol. The number of carbonyl (C=O) groups is 2. The van der Waals surface area contributed by atoms with E-state index in [1.165, 1.54) is 6.92 Å². The van der Waals surface area contributed by atoms with Crippen molar-refractivity contribution < 1.29 is 9.59 Å². The summed E-state index contributed by atoms with van der Waals surface area (Å²) < 4.78 is 0. The second-order valence-electron chi connectivity index (χ2n) is 6.09. The Morgan fingerprint density at radius 1 is 1.39 bits per heavy atom. The van der Waals surface area contributed by atoms with Crippen LogP contribution in [0.5, 0.6) is 0 Å². The van der Waals surface area contributed by atoms with E-state index in [2.05, 4.69) is 15.5 Å². The molecular weight excluding hydrogens is 314 g/mol. The number of hydrogen-bond acceptors (Lipinski definition) is 3. The minimum absolute atomic E-state index is 0.0198. The van der Waals surface area contributed by atoms with Crippen LogP contribution in [0.15, 0.2) is 24.3 Å². The normalized spacial score (nSPS) is 19.9. The first-order valence-corrected chi connectivity index (χ1v) is 8.36. The van der Waals surface area contributed by atoms with Crippen molar-refractivity contribution in [3.8, 4) is 0 Å². The molecule has 6 heteroatoms. The predicted molar refractivity (Wildman–Crippen MR) is 91.3 cm³/mol. The molecule has 2 rings (SSSR count). The van der Waals surface area contributed by atoms with E-state index in [1.807, 2.05) is 31.2 Å². The van der Waals surface area contributed by atoms with Crippen LogP contribution >= 0.6 is 11.6 Å². The van der Waals surface area contributed by atoms with Gasteiger partial charge < -0.3 is 10.6 Å². The SMILES string of the molecule is CC(=O)NC1CCCN(CC(=O)NC(C)c2ccccc2Cl)C1. The zero-order valence-corrected chi connectivity index (χ0v) is 14.4. The van der Waals surface area contributed by atoms with Gasteiger partial charge in [-0.05, 0) is 37.9 Å². The van der Waals surface area contributed by atoms with Gasteiger partial charge in [0.05, 0.1) is 12.6 Å². The van der Waals surface area contributed by atoms with Gasteiger partial charge >= 0.3 is 0 Å². The molecule has 1 aromatic rings. The molecule has 5 nitrogen and oxygen atoms in total. The molecule has 1 aliphatic heterocycles. The highest BCUT2D eigenvalue weighted by Gasteiger charge is 2.22. The maximum atomic E-state index is 12.3. The zero-order chi connectivity index (χ0) is 16.8. The van der Waals surface area contributed by atoms with E-state index < -0.39 is 0 Å². The highest BCUT2D eigenvalue weighted by molar-refractivity contribution is 6.31. The minimum atomic E-state index is -0.132. The lowest BCUT2D eigenvalue weighted by atomic mass is 10.1. The van der Waals surface area contributed by atoms with Crippen molar-refractivity contribution in [2.75, 3.05) is 19.6 Å². The number of hydrogen-bond donors (Lipinski definition) is 2. The largest absolute Gasteiger partial charge is 0.352 e. The lowest BCUT2D eigenvalue weighted by Gasteiger charge is -2.32. The number of piperidine rings is 1. The lowest BCUT2D eigenvalue weighted by molar-refractivity contribution is -0.123. The first kappa shape index (κ1) is 17.8. The van der Waals surface area contributed by atoms with Gasteiger partial charge in [0.25, 0.3) is 0 Å². The third kappa shape index (κ3) is 5.52. The van der Waals surface area contributed by atoms with E-state index in [9.17, 15) is 9.59 Å². The van der Waals surface area contributed by atoms with E-state index in [0.717, 1.165) is 24.9 Å². The van der Waals surface area contributed by atoms with Crippen LogP contribution in [0, 0.1) is 0 Å². The predicted octanol–water partition coefficient (Wildman–Crippen LogP) is 2.12. The highest BCUT2D eigenvalue weighted by atomic mass is 35.5. The van der Waals surface area contributed by atoms with E-state index in [-0.39, 0.29) is 23.9 Å². The Balaban J connectivity index is 1.84. The molecule has 1 fully saturated rings. The zero-order valence-electron chi connectivity index (χ0n) is 13.6. The molecule has 2 unspecified atom stereocenters. The molecule has 1 aliphatic rings. The summed E-state index contributed by atoms with van der Waals surface area (Å²) in [5.74, 6) is -0.0467. The Labute approximate surface area is 142 Å². The summed E-state index contributed by atoms with van der Waals surface area (Å²) in [6, 6.07) is 7.52. The number of nitrogens with one attached hydrogen (secondary N) is 2.